The van der Waals surface area contributed by atoms with Crippen molar-refractivity contribution in [3.8, 4) is 11.5 Å². The third kappa shape index (κ3) is 2.83. The fraction of sp³-hybridized carbons (Fsp3) is 0. The van der Waals surface area contributed by atoms with Gasteiger partial charge in [-0.1, -0.05) is 17.7 Å². The molecule has 0 bridgehead atoms. The number of nitro groups is 1. The average Bonchev–Trinajstić information content (AvgIpc) is 2.41. The van der Waals surface area contributed by atoms with E-state index >= 15 is 0 Å². The lowest BCUT2D eigenvalue weighted by molar-refractivity contribution is -0.385. The Kier molecular flexibility index (Phi) is 3.81. The number of halogens is 1. The lowest BCUT2D eigenvalue weighted by atomic mass is 10.2. The van der Waals surface area contributed by atoms with Gasteiger partial charge in [-0.05, 0) is 12.1 Å². The van der Waals surface area contributed by atoms with E-state index in [1.807, 2.05) is 0 Å². The highest BCUT2D eigenvalue weighted by atomic mass is 35.5. The van der Waals surface area contributed by atoms with E-state index < -0.39 is 10.9 Å². The first-order valence-electron chi connectivity index (χ1n) is 5.28. The zero-order valence-electron chi connectivity index (χ0n) is 9.82. The van der Waals surface area contributed by atoms with Crippen molar-refractivity contribution in [1.82, 2.24) is 4.98 Å². The number of pyridine rings is 1. The summed E-state index contributed by atoms with van der Waals surface area (Å²) < 4.78 is 5.29. The highest BCUT2D eigenvalue weighted by Gasteiger charge is 2.19. The monoisotopic (exact) mass is 294 g/mol. The van der Waals surface area contributed by atoms with Crippen LogP contribution in [0.3, 0.4) is 0 Å². The SMILES string of the molecule is O=C(O)c1cncc(Oc2c(Cl)cccc2[N+](=O)[O-])c1. The van der Waals surface area contributed by atoms with Gasteiger partial charge in [0, 0.05) is 12.3 Å². The van der Waals surface area contributed by atoms with Crippen molar-refractivity contribution in [2.75, 3.05) is 0 Å². The predicted molar refractivity (Wildman–Crippen MR) is 69.4 cm³/mol. The highest BCUT2D eigenvalue weighted by molar-refractivity contribution is 6.32. The molecule has 0 unspecified atom stereocenters. The van der Waals surface area contributed by atoms with Gasteiger partial charge in [0.05, 0.1) is 21.7 Å². The number of ether oxygens (including phenoxy) is 1. The molecule has 0 aliphatic heterocycles. The van der Waals surface area contributed by atoms with Crippen LogP contribution in [0.4, 0.5) is 5.69 Å². The second-order valence-electron chi connectivity index (χ2n) is 3.66. The molecule has 0 aliphatic carbocycles. The zero-order chi connectivity index (χ0) is 14.7. The number of aromatic carboxylic acids is 1. The van der Waals surface area contributed by atoms with Crippen LogP contribution in [0.25, 0.3) is 0 Å². The smallest absolute Gasteiger partial charge is 0.337 e. The standard InChI is InChI=1S/C12H7ClN2O5/c13-9-2-1-3-10(15(18)19)11(9)20-8-4-7(12(16)17)5-14-6-8/h1-6H,(H,16,17). The molecular formula is C12H7ClN2O5. The van der Waals surface area contributed by atoms with Crippen molar-refractivity contribution in [3.63, 3.8) is 0 Å². The largest absolute Gasteiger partial charge is 0.478 e. The summed E-state index contributed by atoms with van der Waals surface area (Å²) in [6.07, 6.45) is 2.37. The number of hydrogen-bond donors (Lipinski definition) is 1. The molecular weight excluding hydrogens is 288 g/mol. The Morgan fingerprint density at radius 1 is 1.40 bits per heavy atom. The van der Waals surface area contributed by atoms with Gasteiger partial charge >= 0.3 is 11.7 Å². The van der Waals surface area contributed by atoms with Crippen LogP contribution in [-0.2, 0) is 0 Å². The molecule has 2 rings (SSSR count). The summed E-state index contributed by atoms with van der Waals surface area (Å²) in [7, 11) is 0. The first-order valence-corrected chi connectivity index (χ1v) is 5.66. The van der Waals surface area contributed by atoms with E-state index in [4.69, 9.17) is 21.4 Å². The van der Waals surface area contributed by atoms with E-state index in [0.717, 1.165) is 6.20 Å². The first-order chi connectivity index (χ1) is 9.49. The minimum atomic E-state index is -1.18. The minimum absolute atomic E-state index is 0.0416. The topological polar surface area (TPSA) is 103 Å². The summed E-state index contributed by atoms with van der Waals surface area (Å²) in [5.74, 6) is -1.30. The van der Waals surface area contributed by atoms with Crippen molar-refractivity contribution in [3.05, 3.63) is 57.4 Å². The van der Waals surface area contributed by atoms with Gasteiger partial charge in [-0.3, -0.25) is 15.1 Å². The van der Waals surface area contributed by atoms with Gasteiger partial charge in [-0.2, -0.15) is 0 Å². The Morgan fingerprint density at radius 2 is 2.15 bits per heavy atom. The molecule has 0 atom stereocenters. The molecule has 1 aromatic carbocycles. The van der Waals surface area contributed by atoms with Gasteiger partial charge in [-0.15, -0.1) is 0 Å². The van der Waals surface area contributed by atoms with E-state index in [0.29, 0.717) is 0 Å². The van der Waals surface area contributed by atoms with E-state index in [1.165, 1.54) is 30.5 Å². The van der Waals surface area contributed by atoms with Gasteiger partial charge in [0.2, 0.25) is 5.75 Å². The molecule has 0 radical (unpaired) electrons. The first kappa shape index (κ1) is 13.8. The van der Waals surface area contributed by atoms with Gasteiger partial charge in [0.15, 0.2) is 0 Å². The number of para-hydroxylation sites is 1. The molecule has 0 fully saturated rings. The van der Waals surface area contributed by atoms with Gasteiger partial charge in [0.1, 0.15) is 5.75 Å². The molecule has 0 saturated heterocycles. The fourth-order valence-electron chi connectivity index (χ4n) is 1.45. The third-order valence-corrected chi connectivity index (χ3v) is 2.62. The van der Waals surface area contributed by atoms with Crippen molar-refractivity contribution in [1.29, 1.82) is 0 Å². The van der Waals surface area contributed by atoms with Crippen molar-refractivity contribution >= 4 is 23.3 Å². The minimum Gasteiger partial charge on any atom is -0.478 e. The number of carboxylic acid groups (broad SMARTS) is 1. The lowest BCUT2D eigenvalue weighted by Gasteiger charge is -2.07. The maximum absolute atomic E-state index is 10.9. The molecule has 8 heteroatoms. The number of aromatic nitrogens is 1. The molecule has 7 nitrogen and oxygen atoms in total. The van der Waals surface area contributed by atoms with Crippen LogP contribution < -0.4 is 4.74 Å². The van der Waals surface area contributed by atoms with E-state index in [1.54, 1.807) is 0 Å². The van der Waals surface area contributed by atoms with Crippen LogP contribution in [0.5, 0.6) is 11.5 Å². The molecule has 20 heavy (non-hydrogen) atoms. The summed E-state index contributed by atoms with van der Waals surface area (Å²) in [6.45, 7) is 0. The average molecular weight is 295 g/mol. The Morgan fingerprint density at radius 3 is 2.80 bits per heavy atom. The fourth-order valence-corrected chi connectivity index (χ4v) is 1.66. The second-order valence-corrected chi connectivity index (χ2v) is 4.07. The Labute approximate surface area is 117 Å². The summed E-state index contributed by atoms with van der Waals surface area (Å²) >= 11 is 5.86. The van der Waals surface area contributed by atoms with Gasteiger partial charge in [0.25, 0.3) is 0 Å². The Bertz CT molecular complexity index is 689. The van der Waals surface area contributed by atoms with Crippen molar-refractivity contribution < 1.29 is 19.6 Å². The van der Waals surface area contributed by atoms with E-state index in [2.05, 4.69) is 4.98 Å². The molecule has 1 heterocycles. The second kappa shape index (κ2) is 5.54. The molecule has 0 amide bonds. The molecule has 0 saturated carbocycles. The predicted octanol–water partition coefficient (Wildman–Crippen LogP) is 3.13. The maximum atomic E-state index is 10.9. The molecule has 1 aromatic heterocycles. The highest BCUT2D eigenvalue weighted by Crippen LogP contribution is 2.37. The maximum Gasteiger partial charge on any atom is 0.337 e. The van der Waals surface area contributed by atoms with Crippen LogP contribution in [0.1, 0.15) is 10.4 Å². The number of nitro benzene ring substituents is 1. The third-order valence-electron chi connectivity index (χ3n) is 2.32. The van der Waals surface area contributed by atoms with Gasteiger partial charge < -0.3 is 9.84 Å². The molecule has 0 aliphatic rings. The van der Waals surface area contributed by atoms with Crippen LogP contribution in [0.15, 0.2) is 36.7 Å². The molecule has 102 valence electrons. The summed E-state index contributed by atoms with van der Waals surface area (Å²) in [6, 6.07) is 5.27. The lowest BCUT2D eigenvalue weighted by Crippen LogP contribution is -1.99. The van der Waals surface area contributed by atoms with Crippen molar-refractivity contribution in [2.24, 2.45) is 0 Å². The summed E-state index contributed by atoms with van der Waals surface area (Å²) in [4.78, 5) is 24.8. The molecule has 1 N–H and O–H groups in total. The number of carboxylic acids is 1. The molecule has 2 aromatic rings. The number of hydrogen-bond acceptors (Lipinski definition) is 5. The number of nitrogens with zero attached hydrogens (tertiary/aromatic N) is 2. The molecule has 0 spiro atoms. The van der Waals surface area contributed by atoms with Crippen LogP contribution in [-0.4, -0.2) is 21.0 Å². The zero-order valence-corrected chi connectivity index (χ0v) is 10.6. The Balaban J connectivity index is 2.42. The number of carbonyl (C=O) groups is 1. The van der Waals surface area contributed by atoms with Crippen LogP contribution in [0, 0.1) is 10.1 Å². The normalized spacial score (nSPS) is 10.1. The summed E-state index contributed by atoms with van der Waals surface area (Å²) in [5.41, 5.74) is -0.421. The quantitative estimate of drug-likeness (QED) is 0.686. The number of benzene rings is 1. The van der Waals surface area contributed by atoms with Gasteiger partial charge in [-0.25, -0.2) is 4.79 Å². The summed E-state index contributed by atoms with van der Waals surface area (Å²) in [5, 5.41) is 19.8. The van der Waals surface area contributed by atoms with E-state index in [-0.39, 0.29) is 27.8 Å². The van der Waals surface area contributed by atoms with E-state index in [9.17, 15) is 14.9 Å². The van der Waals surface area contributed by atoms with Crippen LogP contribution in [0.2, 0.25) is 5.02 Å². The van der Waals surface area contributed by atoms with Crippen LogP contribution >= 0.6 is 11.6 Å². The Hall–Kier alpha value is -2.67. The number of rotatable bonds is 4. The van der Waals surface area contributed by atoms with Crippen molar-refractivity contribution in [2.45, 2.75) is 0 Å².